The maximum atomic E-state index is 11.3. The van der Waals surface area contributed by atoms with Crippen molar-refractivity contribution in [3.8, 4) is 6.07 Å². The second kappa shape index (κ2) is 3.41. The molecule has 2 N–H and O–H groups in total. The first kappa shape index (κ1) is 9.48. The molecule has 1 aromatic rings. The van der Waals surface area contributed by atoms with Crippen molar-refractivity contribution in [3.63, 3.8) is 0 Å². The Hall–Kier alpha value is -1.61. The molecule has 0 aliphatic carbocycles. The molecular weight excluding hydrogens is 190 g/mol. The molecule has 0 unspecified atom stereocenters. The quantitative estimate of drug-likeness (QED) is 0.717. The van der Waals surface area contributed by atoms with Gasteiger partial charge in [0, 0.05) is 6.20 Å². The van der Waals surface area contributed by atoms with Crippen molar-refractivity contribution in [3.05, 3.63) is 18.5 Å². The molecule has 0 aliphatic heterocycles. The van der Waals surface area contributed by atoms with Crippen LogP contribution < -0.4 is 5.73 Å². The lowest BCUT2D eigenvalue weighted by Crippen LogP contribution is -2.08. The Bertz CT molecular complexity index is 447. The first-order valence-corrected chi connectivity index (χ1v) is 5.02. The van der Waals surface area contributed by atoms with Crippen LogP contribution >= 0.6 is 0 Å². The zero-order valence-electron chi connectivity index (χ0n) is 6.64. The zero-order chi connectivity index (χ0) is 9.90. The smallest absolute Gasteiger partial charge is 0.193 e. The number of anilines is 1. The van der Waals surface area contributed by atoms with Gasteiger partial charge < -0.3 is 5.73 Å². The van der Waals surface area contributed by atoms with Gasteiger partial charge in [-0.3, -0.25) is 4.98 Å². The van der Waals surface area contributed by atoms with E-state index in [2.05, 4.69) is 4.98 Å². The third kappa shape index (κ3) is 1.95. The first-order valence-electron chi connectivity index (χ1n) is 3.37. The monoisotopic (exact) mass is 197 g/mol. The number of rotatable bonds is 2. The van der Waals surface area contributed by atoms with Crippen LogP contribution in [0.3, 0.4) is 0 Å². The van der Waals surface area contributed by atoms with E-state index in [1.807, 2.05) is 0 Å². The number of hydrogen-bond donors (Lipinski definition) is 1. The van der Waals surface area contributed by atoms with Crippen molar-refractivity contribution in [2.24, 2.45) is 0 Å². The first-order chi connectivity index (χ1) is 6.08. The third-order valence-electron chi connectivity index (χ3n) is 1.40. The van der Waals surface area contributed by atoms with Crippen molar-refractivity contribution in [1.29, 1.82) is 5.26 Å². The van der Waals surface area contributed by atoms with E-state index in [4.69, 9.17) is 11.0 Å². The average Bonchev–Trinajstić information content (AvgIpc) is 2.04. The highest BCUT2D eigenvalue weighted by molar-refractivity contribution is 7.91. The van der Waals surface area contributed by atoms with Crippen LogP contribution in [0.5, 0.6) is 0 Å². The van der Waals surface area contributed by atoms with E-state index in [1.54, 1.807) is 6.07 Å². The molecule has 68 valence electrons. The van der Waals surface area contributed by atoms with Gasteiger partial charge in [-0.25, -0.2) is 8.42 Å². The van der Waals surface area contributed by atoms with Gasteiger partial charge in [0.05, 0.1) is 22.8 Å². The zero-order valence-corrected chi connectivity index (χ0v) is 7.45. The van der Waals surface area contributed by atoms with Gasteiger partial charge in [-0.2, -0.15) is 5.26 Å². The molecule has 0 atom stereocenters. The van der Waals surface area contributed by atoms with Crippen molar-refractivity contribution in [1.82, 2.24) is 4.98 Å². The summed E-state index contributed by atoms with van der Waals surface area (Å²) in [5.41, 5.74) is 5.45. The van der Waals surface area contributed by atoms with Gasteiger partial charge in [-0.05, 0) is 6.07 Å². The summed E-state index contributed by atoms with van der Waals surface area (Å²) in [5, 5.41) is 8.27. The lowest BCUT2D eigenvalue weighted by Gasteiger charge is -2.01. The summed E-state index contributed by atoms with van der Waals surface area (Å²) in [4.78, 5) is 3.61. The normalized spacial score (nSPS) is 10.7. The summed E-state index contributed by atoms with van der Waals surface area (Å²) in [6.45, 7) is 0. The van der Waals surface area contributed by atoms with Crippen LogP contribution in [0.4, 0.5) is 5.69 Å². The molecular formula is C7H7N3O2S. The Balaban J connectivity index is 3.25. The molecule has 1 rings (SSSR count). The van der Waals surface area contributed by atoms with Crippen molar-refractivity contribution in [2.75, 3.05) is 11.5 Å². The van der Waals surface area contributed by atoms with Crippen LogP contribution in [0.2, 0.25) is 0 Å². The summed E-state index contributed by atoms with van der Waals surface area (Å²) in [7, 11) is -3.57. The van der Waals surface area contributed by atoms with Crippen molar-refractivity contribution in [2.45, 2.75) is 4.90 Å². The molecule has 0 aromatic carbocycles. The Morgan fingerprint density at radius 3 is 2.85 bits per heavy atom. The summed E-state index contributed by atoms with van der Waals surface area (Å²) in [6, 6.07) is 2.85. The number of pyridine rings is 1. The second-order valence-electron chi connectivity index (χ2n) is 2.33. The minimum Gasteiger partial charge on any atom is -0.396 e. The van der Waals surface area contributed by atoms with E-state index in [0.717, 1.165) is 0 Å². The largest absolute Gasteiger partial charge is 0.396 e. The number of hydrogen-bond acceptors (Lipinski definition) is 5. The van der Waals surface area contributed by atoms with Crippen LogP contribution in [0.15, 0.2) is 23.4 Å². The van der Waals surface area contributed by atoms with E-state index in [9.17, 15) is 8.42 Å². The predicted molar refractivity (Wildman–Crippen MR) is 46.3 cm³/mol. The minimum atomic E-state index is -3.57. The van der Waals surface area contributed by atoms with Gasteiger partial charge in [0.25, 0.3) is 0 Å². The van der Waals surface area contributed by atoms with Crippen LogP contribution in [0.25, 0.3) is 0 Å². The molecule has 0 saturated carbocycles. The molecule has 6 heteroatoms. The average molecular weight is 197 g/mol. The van der Waals surface area contributed by atoms with E-state index >= 15 is 0 Å². The highest BCUT2D eigenvalue weighted by Crippen LogP contribution is 2.16. The second-order valence-corrected chi connectivity index (χ2v) is 4.29. The molecule has 0 fully saturated rings. The molecule has 0 aliphatic rings. The number of nitrogen functional groups attached to an aromatic ring is 1. The van der Waals surface area contributed by atoms with Gasteiger partial charge in [0.1, 0.15) is 5.75 Å². The predicted octanol–water partition coefficient (Wildman–Crippen LogP) is -0.0389. The lowest BCUT2D eigenvalue weighted by atomic mass is 10.4. The molecule has 0 radical (unpaired) electrons. The number of nitriles is 1. The highest BCUT2D eigenvalue weighted by atomic mass is 32.2. The Labute approximate surface area is 75.7 Å². The van der Waals surface area contributed by atoms with Crippen LogP contribution in [-0.4, -0.2) is 19.2 Å². The van der Waals surface area contributed by atoms with Crippen LogP contribution in [0.1, 0.15) is 0 Å². The summed E-state index contributed by atoms with van der Waals surface area (Å²) in [6.07, 6.45) is 2.56. The Morgan fingerprint density at radius 2 is 2.31 bits per heavy atom. The number of nitrogens with zero attached hydrogens (tertiary/aromatic N) is 2. The maximum Gasteiger partial charge on any atom is 0.193 e. The minimum absolute atomic E-state index is 0.0379. The van der Waals surface area contributed by atoms with Gasteiger partial charge in [-0.1, -0.05) is 0 Å². The molecule has 5 nitrogen and oxygen atoms in total. The number of nitrogens with two attached hydrogens (primary N) is 1. The molecule has 0 bridgehead atoms. The fourth-order valence-electron chi connectivity index (χ4n) is 0.840. The maximum absolute atomic E-state index is 11.3. The topological polar surface area (TPSA) is 96.8 Å². The van der Waals surface area contributed by atoms with E-state index < -0.39 is 15.6 Å². The van der Waals surface area contributed by atoms with Crippen molar-refractivity contribution < 1.29 is 8.42 Å². The molecule has 0 spiro atoms. The summed E-state index contributed by atoms with van der Waals surface area (Å²) < 4.78 is 22.6. The summed E-state index contributed by atoms with van der Waals surface area (Å²) in [5.74, 6) is -0.568. The fourth-order valence-corrected chi connectivity index (χ4v) is 1.85. The molecule has 13 heavy (non-hydrogen) atoms. The van der Waals surface area contributed by atoms with Gasteiger partial charge in [0.2, 0.25) is 0 Å². The van der Waals surface area contributed by atoms with Crippen LogP contribution in [-0.2, 0) is 9.84 Å². The summed E-state index contributed by atoms with van der Waals surface area (Å²) >= 11 is 0. The SMILES string of the molecule is N#CCS(=O)(=O)c1ccncc1N. The number of aromatic nitrogens is 1. The Kier molecular flexibility index (Phi) is 2.49. The highest BCUT2D eigenvalue weighted by Gasteiger charge is 2.16. The van der Waals surface area contributed by atoms with Gasteiger partial charge >= 0.3 is 0 Å². The fraction of sp³-hybridized carbons (Fsp3) is 0.143. The van der Waals surface area contributed by atoms with E-state index in [0.29, 0.717) is 0 Å². The van der Waals surface area contributed by atoms with Crippen LogP contribution in [0, 0.1) is 11.3 Å². The molecule has 0 saturated heterocycles. The Morgan fingerprint density at radius 1 is 1.62 bits per heavy atom. The van der Waals surface area contributed by atoms with Gasteiger partial charge in [-0.15, -0.1) is 0 Å². The lowest BCUT2D eigenvalue weighted by molar-refractivity contribution is 0.599. The van der Waals surface area contributed by atoms with Gasteiger partial charge in [0.15, 0.2) is 9.84 Å². The standard InChI is InChI=1S/C7H7N3O2S/c8-2-4-13(11,12)7-1-3-10-5-6(7)9/h1,3,5H,4,9H2. The van der Waals surface area contributed by atoms with Crippen molar-refractivity contribution >= 4 is 15.5 Å². The molecule has 0 amide bonds. The number of sulfone groups is 1. The molecule has 1 aromatic heterocycles. The van der Waals surface area contributed by atoms with E-state index in [-0.39, 0.29) is 10.6 Å². The van der Waals surface area contributed by atoms with E-state index in [1.165, 1.54) is 18.5 Å². The molecule has 1 heterocycles. The third-order valence-corrected chi connectivity index (χ3v) is 2.95.